The molecule has 0 atom stereocenters. The molecule has 0 bridgehead atoms. The third kappa shape index (κ3) is 4.67. The summed E-state index contributed by atoms with van der Waals surface area (Å²) in [5, 5.41) is 4.81. The van der Waals surface area contributed by atoms with Crippen LogP contribution in [0.1, 0.15) is 5.69 Å². The smallest absolute Gasteiger partial charge is 0.189 e. The van der Waals surface area contributed by atoms with Gasteiger partial charge in [0.25, 0.3) is 0 Å². The highest BCUT2D eigenvalue weighted by molar-refractivity contribution is 7.80. The zero-order valence-electron chi connectivity index (χ0n) is 14.1. The summed E-state index contributed by atoms with van der Waals surface area (Å²) in [6, 6.07) is 13.8. The second kappa shape index (κ2) is 8.43. The van der Waals surface area contributed by atoms with Gasteiger partial charge in [0.05, 0.1) is 19.0 Å². The molecule has 1 aliphatic rings. The van der Waals surface area contributed by atoms with Crippen LogP contribution in [0.25, 0.3) is 0 Å². The van der Waals surface area contributed by atoms with E-state index >= 15 is 0 Å². The maximum absolute atomic E-state index is 5.42. The lowest BCUT2D eigenvalue weighted by Crippen LogP contribution is -2.51. The fraction of sp³-hybridized carbons (Fsp3) is 0.278. The van der Waals surface area contributed by atoms with E-state index in [1.165, 1.54) is 5.69 Å². The van der Waals surface area contributed by atoms with Gasteiger partial charge in [0.2, 0.25) is 0 Å². The van der Waals surface area contributed by atoms with Crippen molar-refractivity contribution in [1.29, 1.82) is 0 Å². The maximum Gasteiger partial charge on any atom is 0.189 e. The highest BCUT2D eigenvalue weighted by atomic mass is 32.1. The molecule has 1 aromatic heterocycles. The second-order valence-corrected chi connectivity index (χ2v) is 5.99. The van der Waals surface area contributed by atoms with Crippen molar-refractivity contribution in [3.8, 4) is 5.75 Å². The van der Waals surface area contributed by atoms with Gasteiger partial charge in [-0.3, -0.25) is 10.4 Å². The van der Waals surface area contributed by atoms with Gasteiger partial charge in [-0.2, -0.15) is 5.10 Å². The molecule has 0 radical (unpaired) electrons. The zero-order chi connectivity index (χ0) is 17.5. The number of methoxy groups -OCH3 is 1. The lowest BCUT2D eigenvalue weighted by Gasteiger charge is -2.37. The summed E-state index contributed by atoms with van der Waals surface area (Å²) in [5.41, 5.74) is 4.92. The summed E-state index contributed by atoms with van der Waals surface area (Å²) in [4.78, 5) is 8.66. The highest BCUT2D eigenvalue weighted by Crippen LogP contribution is 2.20. The molecule has 1 aromatic carbocycles. The van der Waals surface area contributed by atoms with Crippen LogP contribution >= 0.6 is 12.2 Å². The van der Waals surface area contributed by atoms with Crippen LogP contribution in [0.5, 0.6) is 5.75 Å². The number of anilines is 1. The Balaban J connectivity index is 1.48. The molecule has 2 aromatic rings. The number of piperazine rings is 1. The topological polar surface area (TPSA) is 53.0 Å². The molecular weight excluding hydrogens is 334 g/mol. The first-order chi connectivity index (χ1) is 12.3. The Morgan fingerprint density at radius 1 is 1.16 bits per heavy atom. The van der Waals surface area contributed by atoms with E-state index in [0.29, 0.717) is 5.11 Å². The molecule has 3 rings (SSSR count). The highest BCUT2D eigenvalue weighted by Gasteiger charge is 2.18. The molecule has 0 unspecified atom stereocenters. The van der Waals surface area contributed by atoms with Gasteiger partial charge in [-0.05, 0) is 48.6 Å². The number of thiocarbonyl (C=S) groups is 1. The number of hydrogen-bond donors (Lipinski definition) is 1. The Bertz CT molecular complexity index is 712. The number of pyridine rings is 1. The maximum atomic E-state index is 5.42. The summed E-state index contributed by atoms with van der Waals surface area (Å²) in [5.74, 6) is 0.874. The van der Waals surface area contributed by atoms with Crippen LogP contribution < -0.4 is 15.1 Å². The van der Waals surface area contributed by atoms with Crippen molar-refractivity contribution >= 4 is 29.2 Å². The predicted octanol–water partition coefficient (Wildman–Crippen LogP) is 2.12. The number of ether oxygens (including phenoxy) is 1. The Labute approximate surface area is 153 Å². The second-order valence-electron chi connectivity index (χ2n) is 5.60. The molecule has 1 N–H and O–H groups in total. The first kappa shape index (κ1) is 17.2. The molecule has 1 saturated heterocycles. The van der Waals surface area contributed by atoms with Crippen molar-refractivity contribution in [1.82, 2.24) is 15.3 Å². The fourth-order valence-corrected chi connectivity index (χ4v) is 2.87. The minimum atomic E-state index is 0.640. The van der Waals surface area contributed by atoms with E-state index in [-0.39, 0.29) is 0 Å². The van der Waals surface area contributed by atoms with Crippen molar-refractivity contribution < 1.29 is 4.74 Å². The number of rotatable bonds is 4. The summed E-state index contributed by atoms with van der Waals surface area (Å²) >= 11 is 5.42. The predicted molar refractivity (Wildman–Crippen MR) is 104 cm³/mol. The number of hydrogen-bond acceptors (Lipinski definition) is 5. The lowest BCUT2D eigenvalue weighted by molar-refractivity contribution is 0.381. The van der Waals surface area contributed by atoms with Gasteiger partial charge in [0.1, 0.15) is 5.75 Å². The Morgan fingerprint density at radius 2 is 1.92 bits per heavy atom. The zero-order valence-corrected chi connectivity index (χ0v) is 14.9. The van der Waals surface area contributed by atoms with E-state index in [0.717, 1.165) is 37.6 Å². The van der Waals surface area contributed by atoms with E-state index in [1.54, 1.807) is 19.5 Å². The van der Waals surface area contributed by atoms with Crippen LogP contribution in [0.2, 0.25) is 0 Å². The Morgan fingerprint density at radius 3 is 2.56 bits per heavy atom. The first-order valence-corrected chi connectivity index (χ1v) is 8.55. The minimum Gasteiger partial charge on any atom is -0.497 e. The molecule has 25 heavy (non-hydrogen) atoms. The van der Waals surface area contributed by atoms with E-state index in [1.807, 2.05) is 30.3 Å². The van der Waals surface area contributed by atoms with Crippen molar-refractivity contribution in [3.05, 3.63) is 54.4 Å². The van der Waals surface area contributed by atoms with Gasteiger partial charge in [-0.1, -0.05) is 6.07 Å². The third-order valence-corrected chi connectivity index (χ3v) is 4.40. The molecule has 130 valence electrons. The van der Waals surface area contributed by atoms with Gasteiger partial charge < -0.3 is 14.5 Å². The summed E-state index contributed by atoms with van der Waals surface area (Å²) in [7, 11) is 1.68. The van der Waals surface area contributed by atoms with Gasteiger partial charge in [-0.25, -0.2) is 0 Å². The number of aromatic nitrogens is 1. The van der Waals surface area contributed by atoms with Crippen LogP contribution in [0.3, 0.4) is 0 Å². The van der Waals surface area contributed by atoms with E-state index < -0.39 is 0 Å². The van der Waals surface area contributed by atoms with Crippen LogP contribution in [0, 0.1) is 0 Å². The molecule has 0 saturated carbocycles. The van der Waals surface area contributed by atoms with E-state index in [2.05, 4.69) is 37.4 Å². The van der Waals surface area contributed by atoms with Crippen molar-refractivity contribution in [2.75, 3.05) is 38.2 Å². The molecule has 6 nitrogen and oxygen atoms in total. The number of nitrogens with zero attached hydrogens (tertiary/aromatic N) is 4. The molecule has 1 fully saturated rings. The van der Waals surface area contributed by atoms with Crippen LogP contribution in [0.4, 0.5) is 5.69 Å². The molecule has 0 amide bonds. The number of benzene rings is 1. The van der Waals surface area contributed by atoms with Gasteiger partial charge in [0, 0.05) is 38.1 Å². The van der Waals surface area contributed by atoms with Crippen molar-refractivity contribution in [2.24, 2.45) is 5.10 Å². The van der Waals surface area contributed by atoms with E-state index in [4.69, 9.17) is 17.0 Å². The molecule has 0 aliphatic carbocycles. The summed E-state index contributed by atoms with van der Waals surface area (Å²) in [6.07, 6.45) is 3.40. The average molecular weight is 355 g/mol. The minimum absolute atomic E-state index is 0.640. The number of hydrazone groups is 1. The average Bonchev–Trinajstić information content (AvgIpc) is 2.69. The van der Waals surface area contributed by atoms with Gasteiger partial charge in [0.15, 0.2) is 5.11 Å². The van der Waals surface area contributed by atoms with Crippen molar-refractivity contribution in [3.63, 3.8) is 0 Å². The Hall–Kier alpha value is -2.67. The van der Waals surface area contributed by atoms with Crippen LogP contribution in [-0.2, 0) is 0 Å². The molecule has 0 spiro atoms. The van der Waals surface area contributed by atoms with E-state index in [9.17, 15) is 0 Å². The fourth-order valence-electron chi connectivity index (χ4n) is 2.64. The normalized spacial score (nSPS) is 14.6. The van der Waals surface area contributed by atoms with Crippen LogP contribution in [0.15, 0.2) is 53.8 Å². The monoisotopic (exact) mass is 355 g/mol. The molecule has 7 heteroatoms. The first-order valence-electron chi connectivity index (χ1n) is 8.14. The standard InChI is InChI=1S/C18H21N5OS/c1-24-17-7-5-16(6-8-17)22-10-12-23(13-11-22)18(25)21-20-14-15-4-2-3-9-19-15/h2-9,14H,10-13H2,1H3,(H,21,25)/b20-14-. The summed E-state index contributed by atoms with van der Waals surface area (Å²) < 4.78 is 5.20. The number of nitrogens with one attached hydrogen (secondary N) is 1. The summed E-state index contributed by atoms with van der Waals surface area (Å²) in [6.45, 7) is 3.55. The van der Waals surface area contributed by atoms with Crippen molar-refractivity contribution in [2.45, 2.75) is 0 Å². The SMILES string of the molecule is COc1ccc(N2CCN(C(=S)N/N=C\c3ccccn3)CC2)cc1. The Kier molecular flexibility index (Phi) is 5.79. The lowest BCUT2D eigenvalue weighted by atomic mass is 10.2. The van der Waals surface area contributed by atoms with Gasteiger partial charge in [-0.15, -0.1) is 0 Å². The molecular formula is C18H21N5OS. The third-order valence-electron chi connectivity index (χ3n) is 4.05. The van der Waals surface area contributed by atoms with Crippen LogP contribution in [-0.4, -0.2) is 54.5 Å². The quantitative estimate of drug-likeness (QED) is 0.515. The molecule has 1 aliphatic heterocycles. The largest absolute Gasteiger partial charge is 0.497 e. The molecule has 2 heterocycles. The van der Waals surface area contributed by atoms with Gasteiger partial charge >= 0.3 is 0 Å².